The van der Waals surface area contributed by atoms with Crippen molar-refractivity contribution in [2.45, 2.75) is 63.0 Å². The second-order valence-electron chi connectivity index (χ2n) is 7.33. The summed E-state index contributed by atoms with van der Waals surface area (Å²) in [7, 11) is 0. The zero-order chi connectivity index (χ0) is 21.0. The van der Waals surface area contributed by atoms with Crippen LogP contribution in [0.3, 0.4) is 0 Å². The number of rotatable bonds is 10. The molecule has 2 N–H and O–H groups in total. The first-order valence-corrected chi connectivity index (χ1v) is 9.60. The Morgan fingerprint density at radius 2 is 1.97 bits per heavy atom. The summed E-state index contributed by atoms with van der Waals surface area (Å²) >= 11 is 0. The summed E-state index contributed by atoms with van der Waals surface area (Å²) in [4.78, 5) is 24.7. The Hall–Kier alpha value is -2.68. The fourth-order valence-corrected chi connectivity index (χ4v) is 2.96. The monoisotopic (exact) mass is 405 g/mol. The van der Waals surface area contributed by atoms with Crippen molar-refractivity contribution in [1.82, 2.24) is 15.5 Å². The molecule has 1 amide bonds. The van der Waals surface area contributed by atoms with E-state index in [0.29, 0.717) is 11.5 Å². The molecule has 0 aliphatic heterocycles. The molecule has 0 saturated heterocycles. The van der Waals surface area contributed by atoms with Gasteiger partial charge in [-0.05, 0) is 24.8 Å². The molecule has 3 rings (SSSR count). The van der Waals surface area contributed by atoms with E-state index in [0.717, 1.165) is 12.8 Å². The Morgan fingerprint density at radius 3 is 2.59 bits per heavy atom. The first-order valence-electron chi connectivity index (χ1n) is 9.60. The van der Waals surface area contributed by atoms with Gasteiger partial charge in [0.05, 0.1) is 6.04 Å². The zero-order valence-corrected chi connectivity index (χ0v) is 16.0. The molecule has 9 heteroatoms. The fourth-order valence-electron chi connectivity index (χ4n) is 2.96. The minimum atomic E-state index is -3.22. The maximum Gasteiger partial charge on any atom is 0.286 e. The van der Waals surface area contributed by atoms with Crippen molar-refractivity contribution in [3.8, 4) is 0 Å². The molecule has 1 aromatic carbocycles. The summed E-state index contributed by atoms with van der Waals surface area (Å²) in [5, 5.41) is 9.92. The van der Waals surface area contributed by atoms with Crippen LogP contribution in [0, 0.1) is 0 Å². The van der Waals surface area contributed by atoms with Gasteiger partial charge in [0.25, 0.3) is 11.8 Å². The van der Waals surface area contributed by atoms with Crippen LogP contribution in [0.2, 0.25) is 0 Å². The Kier molecular flexibility index (Phi) is 6.36. The van der Waals surface area contributed by atoms with Crippen LogP contribution in [0.4, 0.5) is 8.78 Å². The predicted octanol–water partition coefficient (Wildman–Crippen LogP) is 3.71. The molecule has 2 aromatic rings. The van der Waals surface area contributed by atoms with Gasteiger partial charge in [-0.15, -0.1) is 10.2 Å². The first kappa shape index (κ1) is 21.0. The van der Waals surface area contributed by atoms with Gasteiger partial charge in [0, 0.05) is 18.8 Å². The number of ketones is 1. The molecule has 0 bridgehead atoms. The van der Waals surface area contributed by atoms with Crippen molar-refractivity contribution < 1.29 is 22.8 Å². The number of carbonyl (C=O) groups excluding carboxylic acids is 2. The highest BCUT2D eigenvalue weighted by Crippen LogP contribution is 2.39. The lowest BCUT2D eigenvalue weighted by Gasteiger charge is -2.27. The Labute approximate surface area is 167 Å². The van der Waals surface area contributed by atoms with Crippen molar-refractivity contribution in [1.29, 1.82) is 0 Å². The van der Waals surface area contributed by atoms with Crippen molar-refractivity contribution in [2.24, 2.45) is 0 Å². The number of nitrogens with one attached hydrogen (secondary N) is 2. The first-order chi connectivity index (χ1) is 13.8. The molecule has 1 heterocycles. The number of nitrogens with zero attached hydrogens (tertiary/aromatic N) is 2. The van der Waals surface area contributed by atoms with E-state index in [4.69, 9.17) is 10.2 Å². The largest absolute Gasteiger partial charge is 0.667 e. The number of alkyl halides is 2. The summed E-state index contributed by atoms with van der Waals surface area (Å²) in [6, 6.07) is 5.45. The Balaban J connectivity index is 1.56. The number of aromatic nitrogens is 2. The molecule has 0 spiro atoms. The number of hydrogen-bond donors (Lipinski definition) is 1. The SMILES string of the molecule is CCC(NC(=O)C([NH-])CC(F)(F)Cc1ccccc1)C(=O)c1nnc(C2CC2)o1. The number of carbonyl (C=O) groups is 2. The van der Waals surface area contributed by atoms with Gasteiger partial charge in [0.1, 0.15) is 0 Å². The molecular formula is C20H23F2N4O3-. The number of Topliss-reactive ketones (excluding diaryl/α,β-unsaturated/α-hetero) is 1. The van der Waals surface area contributed by atoms with E-state index in [1.807, 2.05) is 0 Å². The van der Waals surface area contributed by atoms with Crippen LogP contribution in [0.25, 0.3) is 5.73 Å². The van der Waals surface area contributed by atoms with E-state index in [9.17, 15) is 18.4 Å². The average Bonchev–Trinajstić information content (AvgIpc) is 3.42. The van der Waals surface area contributed by atoms with Crippen LogP contribution in [0.1, 0.15) is 60.7 Å². The van der Waals surface area contributed by atoms with E-state index < -0.39 is 42.5 Å². The van der Waals surface area contributed by atoms with Crippen LogP contribution >= 0.6 is 0 Å². The highest BCUT2D eigenvalue weighted by molar-refractivity contribution is 5.99. The normalized spacial score (nSPS) is 16.3. The summed E-state index contributed by atoms with van der Waals surface area (Å²) in [5.74, 6) is -4.36. The molecule has 156 valence electrons. The second kappa shape index (κ2) is 8.77. The standard InChI is InChI=1S/C20H23F2N4O3/c1-2-15(16(27)19-26-25-18(29-19)13-8-9-13)24-17(28)14(23)11-20(21,22)10-12-6-4-3-5-7-12/h3-7,13-15,23H,2,8-11H2,1H3,(H,24,28)/q-1. The lowest BCUT2D eigenvalue weighted by molar-refractivity contribution is -0.124. The molecule has 2 unspecified atom stereocenters. The maximum atomic E-state index is 14.2. The maximum absolute atomic E-state index is 14.2. The predicted molar refractivity (Wildman–Crippen MR) is 101 cm³/mol. The Morgan fingerprint density at radius 1 is 1.28 bits per heavy atom. The quantitative estimate of drug-likeness (QED) is 0.606. The van der Waals surface area contributed by atoms with Gasteiger partial charge in [-0.1, -0.05) is 43.3 Å². The third-order valence-corrected chi connectivity index (χ3v) is 4.74. The molecule has 1 aromatic heterocycles. The molecule has 29 heavy (non-hydrogen) atoms. The Bertz CT molecular complexity index is 852. The summed E-state index contributed by atoms with van der Waals surface area (Å²) in [6.07, 6.45) is 0.575. The minimum absolute atomic E-state index is 0.184. The third kappa shape index (κ3) is 5.66. The molecule has 2 atom stereocenters. The van der Waals surface area contributed by atoms with Crippen molar-refractivity contribution in [2.75, 3.05) is 0 Å². The van der Waals surface area contributed by atoms with Gasteiger partial charge in [-0.2, -0.15) is 0 Å². The van der Waals surface area contributed by atoms with Crippen LogP contribution in [0.15, 0.2) is 34.7 Å². The van der Waals surface area contributed by atoms with E-state index in [1.165, 1.54) is 0 Å². The van der Waals surface area contributed by atoms with E-state index in [2.05, 4.69) is 15.5 Å². The molecule has 1 saturated carbocycles. The molecular weight excluding hydrogens is 382 g/mol. The molecule has 1 aliphatic carbocycles. The van der Waals surface area contributed by atoms with Gasteiger partial charge in [-0.25, -0.2) is 8.78 Å². The summed E-state index contributed by atoms with van der Waals surface area (Å²) < 4.78 is 33.8. The second-order valence-corrected chi connectivity index (χ2v) is 7.33. The van der Waals surface area contributed by atoms with Crippen LogP contribution < -0.4 is 5.32 Å². The van der Waals surface area contributed by atoms with E-state index >= 15 is 0 Å². The lowest BCUT2D eigenvalue weighted by atomic mass is 10.00. The van der Waals surface area contributed by atoms with E-state index in [1.54, 1.807) is 37.3 Å². The van der Waals surface area contributed by atoms with Crippen molar-refractivity contribution >= 4 is 11.7 Å². The number of hydrogen-bond acceptors (Lipinski definition) is 5. The molecule has 7 nitrogen and oxygen atoms in total. The lowest BCUT2D eigenvalue weighted by Crippen LogP contribution is -2.45. The average molecular weight is 405 g/mol. The van der Waals surface area contributed by atoms with Crippen molar-refractivity contribution in [3.63, 3.8) is 0 Å². The third-order valence-electron chi connectivity index (χ3n) is 4.74. The minimum Gasteiger partial charge on any atom is -0.667 e. The highest BCUT2D eigenvalue weighted by Gasteiger charge is 2.34. The number of halogens is 2. The topological polar surface area (TPSA) is 109 Å². The smallest absolute Gasteiger partial charge is 0.286 e. The number of benzene rings is 1. The van der Waals surface area contributed by atoms with E-state index in [-0.39, 0.29) is 18.2 Å². The molecule has 1 fully saturated rings. The van der Waals surface area contributed by atoms with Crippen LogP contribution in [0.5, 0.6) is 0 Å². The van der Waals surface area contributed by atoms with Gasteiger partial charge in [0.2, 0.25) is 17.6 Å². The van der Waals surface area contributed by atoms with Gasteiger partial charge >= 0.3 is 0 Å². The fraction of sp³-hybridized carbons (Fsp3) is 0.500. The summed E-state index contributed by atoms with van der Waals surface area (Å²) in [5.41, 5.74) is 8.25. The van der Waals surface area contributed by atoms with Crippen LogP contribution in [-0.2, 0) is 11.2 Å². The molecule has 0 radical (unpaired) electrons. The summed E-state index contributed by atoms with van der Waals surface area (Å²) in [6.45, 7) is 1.66. The molecule has 1 aliphatic rings. The van der Waals surface area contributed by atoms with Gasteiger partial charge < -0.3 is 15.5 Å². The van der Waals surface area contributed by atoms with Crippen molar-refractivity contribution in [3.05, 3.63) is 53.4 Å². The highest BCUT2D eigenvalue weighted by atomic mass is 19.3. The van der Waals surface area contributed by atoms with Gasteiger partial charge in [0.15, 0.2) is 0 Å². The van der Waals surface area contributed by atoms with Crippen LogP contribution in [-0.4, -0.2) is 39.9 Å². The van der Waals surface area contributed by atoms with Gasteiger partial charge in [-0.3, -0.25) is 9.59 Å². The zero-order valence-electron chi connectivity index (χ0n) is 16.0. The number of amides is 1.